The third kappa shape index (κ3) is 2.80. The van der Waals surface area contributed by atoms with E-state index in [4.69, 9.17) is 32.5 Å². The van der Waals surface area contributed by atoms with E-state index < -0.39 is 0 Å². The Labute approximate surface area is 128 Å². The Balaban J connectivity index is 1.71. The smallest absolute Gasteiger partial charge is 0.258 e. The zero-order valence-electron chi connectivity index (χ0n) is 10.0. The van der Waals surface area contributed by atoms with Crippen molar-refractivity contribution in [3.05, 3.63) is 50.9 Å². The van der Waals surface area contributed by atoms with Crippen LogP contribution in [0.3, 0.4) is 0 Å². The van der Waals surface area contributed by atoms with Gasteiger partial charge in [0.05, 0.1) is 10.6 Å². The minimum absolute atomic E-state index is 0.160. The maximum Gasteiger partial charge on any atom is 0.258 e. The molecule has 20 heavy (non-hydrogen) atoms. The molecule has 0 bridgehead atoms. The topological polar surface area (TPSA) is 48.2 Å². The Morgan fingerprint density at radius 3 is 2.95 bits per heavy atom. The van der Waals surface area contributed by atoms with Gasteiger partial charge < -0.3 is 9.26 Å². The lowest BCUT2D eigenvalue weighted by atomic mass is 10.3. The number of hydrogen-bond donors (Lipinski definition) is 0. The highest BCUT2D eigenvalue weighted by atomic mass is 35.5. The van der Waals surface area contributed by atoms with Crippen LogP contribution in [0.4, 0.5) is 0 Å². The van der Waals surface area contributed by atoms with Crippen molar-refractivity contribution in [2.24, 2.45) is 0 Å². The van der Waals surface area contributed by atoms with Gasteiger partial charge in [-0.25, -0.2) is 0 Å². The predicted octanol–water partition coefficient (Wildman–Crippen LogP) is 4.68. The largest absolute Gasteiger partial charge is 0.484 e. The SMILES string of the molecule is Clc1cccc(OCc2noc(-c3ccsc3)n2)c1Cl. The highest BCUT2D eigenvalue weighted by Crippen LogP contribution is 2.31. The molecule has 0 saturated carbocycles. The fraction of sp³-hybridized carbons (Fsp3) is 0.0769. The maximum absolute atomic E-state index is 6.03. The molecule has 0 saturated heterocycles. The molecule has 2 aromatic heterocycles. The van der Waals surface area contributed by atoms with E-state index in [2.05, 4.69) is 10.1 Å². The molecule has 0 unspecified atom stereocenters. The molecule has 7 heteroatoms. The van der Waals surface area contributed by atoms with E-state index in [-0.39, 0.29) is 6.61 Å². The van der Waals surface area contributed by atoms with Crippen molar-refractivity contribution in [2.75, 3.05) is 0 Å². The highest BCUT2D eigenvalue weighted by Gasteiger charge is 2.11. The molecule has 0 aliphatic rings. The average Bonchev–Trinajstić information content (AvgIpc) is 3.10. The van der Waals surface area contributed by atoms with E-state index >= 15 is 0 Å². The number of halogens is 2. The summed E-state index contributed by atoms with van der Waals surface area (Å²) < 4.78 is 10.7. The quantitative estimate of drug-likeness (QED) is 0.698. The van der Waals surface area contributed by atoms with Crippen LogP contribution < -0.4 is 4.74 Å². The van der Waals surface area contributed by atoms with E-state index in [1.165, 1.54) is 0 Å². The van der Waals surface area contributed by atoms with Crippen LogP contribution in [-0.4, -0.2) is 10.1 Å². The summed E-state index contributed by atoms with van der Waals surface area (Å²) in [6, 6.07) is 7.10. The van der Waals surface area contributed by atoms with Crippen molar-refractivity contribution in [1.82, 2.24) is 10.1 Å². The number of aromatic nitrogens is 2. The summed E-state index contributed by atoms with van der Waals surface area (Å²) in [6.07, 6.45) is 0. The molecule has 0 atom stereocenters. The third-order valence-electron chi connectivity index (χ3n) is 2.51. The molecule has 3 rings (SSSR count). The summed E-state index contributed by atoms with van der Waals surface area (Å²) in [6.45, 7) is 0.160. The van der Waals surface area contributed by atoms with Crippen LogP contribution in [0, 0.1) is 0 Å². The lowest BCUT2D eigenvalue weighted by Crippen LogP contribution is -1.98. The van der Waals surface area contributed by atoms with Crippen LogP contribution in [0.15, 0.2) is 39.5 Å². The summed E-state index contributed by atoms with van der Waals surface area (Å²) in [4.78, 5) is 4.25. The molecule has 0 fully saturated rings. The molecule has 0 radical (unpaired) electrons. The molecule has 0 N–H and O–H groups in total. The van der Waals surface area contributed by atoms with Crippen molar-refractivity contribution < 1.29 is 9.26 Å². The third-order valence-corrected chi connectivity index (χ3v) is 3.99. The normalized spacial score (nSPS) is 10.7. The van der Waals surface area contributed by atoms with E-state index in [9.17, 15) is 0 Å². The zero-order valence-corrected chi connectivity index (χ0v) is 12.4. The molecule has 0 aliphatic carbocycles. The predicted molar refractivity (Wildman–Crippen MR) is 78.4 cm³/mol. The van der Waals surface area contributed by atoms with Gasteiger partial charge in [0, 0.05) is 5.38 Å². The van der Waals surface area contributed by atoms with E-state index in [0.717, 1.165) is 5.56 Å². The molecule has 0 aliphatic heterocycles. The van der Waals surface area contributed by atoms with Crippen LogP contribution >= 0.6 is 34.5 Å². The second-order valence-corrected chi connectivity index (χ2v) is 5.43. The Hall–Kier alpha value is -1.56. The number of thiophene rings is 1. The highest BCUT2D eigenvalue weighted by molar-refractivity contribution is 7.08. The van der Waals surface area contributed by atoms with Crippen molar-refractivity contribution in [2.45, 2.75) is 6.61 Å². The lowest BCUT2D eigenvalue weighted by molar-refractivity contribution is 0.287. The van der Waals surface area contributed by atoms with Crippen LogP contribution in [-0.2, 0) is 6.61 Å². The summed E-state index contributed by atoms with van der Waals surface area (Å²) in [7, 11) is 0. The van der Waals surface area contributed by atoms with E-state index in [0.29, 0.717) is 27.5 Å². The zero-order chi connectivity index (χ0) is 13.9. The van der Waals surface area contributed by atoms with Gasteiger partial charge >= 0.3 is 0 Å². The molecule has 102 valence electrons. The summed E-state index contributed by atoms with van der Waals surface area (Å²) >= 11 is 13.5. The second kappa shape index (κ2) is 5.83. The van der Waals surface area contributed by atoms with Gasteiger partial charge in [-0.05, 0) is 23.6 Å². The Morgan fingerprint density at radius 2 is 2.15 bits per heavy atom. The van der Waals surface area contributed by atoms with Gasteiger partial charge in [0.1, 0.15) is 10.8 Å². The van der Waals surface area contributed by atoms with E-state index in [1.54, 1.807) is 29.5 Å². The summed E-state index contributed by atoms with van der Waals surface area (Å²) in [5.41, 5.74) is 0.898. The van der Waals surface area contributed by atoms with Crippen molar-refractivity contribution >= 4 is 34.5 Å². The van der Waals surface area contributed by atoms with Gasteiger partial charge in [-0.3, -0.25) is 0 Å². The number of nitrogens with zero attached hydrogens (tertiary/aromatic N) is 2. The second-order valence-electron chi connectivity index (χ2n) is 3.87. The number of benzene rings is 1. The lowest BCUT2D eigenvalue weighted by Gasteiger charge is -2.06. The molecule has 2 heterocycles. The minimum Gasteiger partial charge on any atom is -0.484 e. The Kier molecular flexibility index (Phi) is 3.91. The fourth-order valence-electron chi connectivity index (χ4n) is 1.55. The van der Waals surface area contributed by atoms with Crippen LogP contribution in [0.2, 0.25) is 10.0 Å². The number of hydrogen-bond acceptors (Lipinski definition) is 5. The average molecular weight is 327 g/mol. The molecular formula is C13H8Cl2N2O2S. The van der Waals surface area contributed by atoms with Crippen LogP contribution in [0.1, 0.15) is 5.82 Å². The first-order valence-corrected chi connectivity index (χ1v) is 7.36. The van der Waals surface area contributed by atoms with Gasteiger partial charge in [0.15, 0.2) is 6.61 Å². The molecule has 3 aromatic rings. The van der Waals surface area contributed by atoms with Crippen molar-refractivity contribution in [3.8, 4) is 17.2 Å². The first-order valence-electron chi connectivity index (χ1n) is 5.66. The van der Waals surface area contributed by atoms with Gasteiger partial charge in [0.25, 0.3) is 5.89 Å². The monoisotopic (exact) mass is 326 g/mol. The van der Waals surface area contributed by atoms with Gasteiger partial charge in [-0.15, -0.1) is 0 Å². The fourth-order valence-corrected chi connectivity index (χ4v) is 2.53. The molecular weight excluding hydrogens is 319 g/mol. The summed E-state index contributed by atoms with van der Waals surface area (Å²) in [5.74, 6) is 1.41. The van der Waals surface area contributed by atoms with Crippen LogP contribution in [0.25, 0.3) is 11.5 Å². The van der Waals surface area contributed by atoms with Gasteiger partial charge in [0.2, 0.25) is 5.82 Å². The first kappa shape index (κ1) is 13.4. The molecule has 1 aromatic carbocycles. The first-order chi connectivity index (χ1) is 9.74. The van der Waals surface area contributed by atoms with Crippen LogP contribution in [0.5, 0.6) is 5.75 Å². The molecule has 0 amide bonds. The van der Waals surface area contributed by atoms with Crippen molar-refractivity contribution in [1.29, 1.82) is 0 Å². The van der Waals surface area contributed by atoms with Crippen molar-refractivity contribution in [3.63, 3.8) is 0 Å². The van der Waals surface area contributed by atoms with Gasteiger partial charge in [-0.2, -0.15) is 16.3 Å². The minimum atomic E-state index is 0.160. The Bertz CT molecular complexity index is 713. The maximum atomic E-state index is 6.03. The summed E-state index contributed by atoms with van der Waals surface area (Å²) in [5, 5.41) is 8.55. The number of ether oxygens (including phenoxy) is 1. The standard InChI is InChI=1S/C13H8Cl2N2O2S/c14-9-2-1-3-10(12(9)15)18-6-11-16-13(19-17-11)8-4-5-20-7-8/h1-5,7H,6H2. The van der Waals surface area contributed by atoms with E-state index in [1.807, 2.05) is 16.8 Å². The van der Waals surface area contributed by atoms with Gasteiger partial charge in [-0.1, -0.05) is 34.4 Å². The number of rotatable bonds is 4. The molecule has 4 nitrogen and oxygen atoms in total. The Morgan fingerprint density at radius 1 is 1.25 bits per heavy atom. The molecule has 0 spiro atoms.